The number of imidazole rings is 1. The fourth-order valence-corrected chi connectivity index (χ4v) is 3.69. The number of nitrogens with zero attached hydrogens (tertiary/aromatic N) is 3. The summed E-state index contributed by atoms with van der Waals surface area (Å²) in [6, 6.07) is 3.56. The number of carbonyl (C=O) groups is 2. The Bertz CT molecular complexity index is 763. The highest BCUT2D eigenvalue weighted by atomic mass is 16.3. The van der Waals surface area contributed by atoms with Crippen LogP contribution in [0.25, 0.3) is 0 Å². The molecule has 1 N–H and O–H groups in total. The molecule has 3 heterocycles. The normalized spacial score (nSPS) is 23.7. The number of aryl methyl sites for hydroxylation is 1. The molecule has 0 unspecified atom stereocenters. The maximum Gasteiger partial charge on any atom is 0.286 e. The molecule has 2 aromatic rings. The summed E-state index contributed by atoms with van der Waals surface area (Å²) < 4.78 is 7.12. The average molecular weight is 342 g/mol. The van der Waals surface area contributed by atoms with Crippen molar-refractivity contribution >= 4 is 11.8 Å². The summed E-state index contributed by atoms with van der Waals surface area (Å²) in [6.07, 6.45) is 8.53. The Morgan fingerprint density at radius 2 is 2.24 bits per heavy atom. The number of amides is 2. The third-order valence-electron chi connectivity index (χ3n) is 5.10. The molecule has 1 saturated heterocycles. The lowest BCUT2D eigenvalue weighted by molar-refractivity contribution is -0.140. The van der Waals surface area contributed by atoms with Gasteiger partial charge < -0.3 is 19.2 Å². The first-order chi connectivity index (χ1) is 12.1. The van der Waals surface area contributed by atoms with Crippen molar-refractivity contribution in [2.45, 2.75) is 37.8 Å². The minimum atomic E-state index is -0.224. The van der Waals surface area contributed by atoms with Crippen LogP contribution < -0.4 is 5.32 Å². The van der Waals surface area contributed by atoms with Gasteiger partial charge in [-0.1, -0.05) is 0 Å². The summed E-state index contributed by atoms with van der Waals surface area (Å²) in [5.74, 6) is 1.30. The van der Waals surface area contributed by atoms with Gasteiger partial charge in [-0.15, -0.1) is 0 Å². The second-order valence-corrected chi connectivity index (χ2v) is 6.86. The molecule has 1 saturated carbocycles. The van der Waals surface area contributed by atoms with Crippen molar-refractivity contribution < 1.29 is 14.0 Å². The fraction of sp³-hybridized carbons (Fsp3) is 0.500. The van der Waals surface area contributed by atoms with E-state index in [1.165, 1.54) is 6.26 Å². The van der Waals surface area contributed by atoms with Crippen molar-refractivity contribution in [2.75, 3.05) is 6.54 Å². The molecule has 2 atom stereocenters. The molecule has 132 valence electrons. The number of rotatable bonds is 5. The number of furan rings is 1. The molecule has 25 heavy (non-hydrogen) atoms. The van der Waals surface area contributed by atoms with Crippen LogP contribution in [0.4, 0.5) is 0 Å². The second-order valence-electron chi connectivity index (χ2n) is 6.86. The lowest BCUT2D eigenvalue weighted by Crippen LogP contribution is -2.48. The van der Waals surface area contributed by atoms with Gasteiger partial charge in [0.05, 0.1) is 12.3 Å². The Labute approximate surface area is 146 Å². The van der Waals surface area contributed by atoms with Crippen LogP contribution in [-0.2, 0) is 11.8 Å². The number of hydrogen-bond acceptors (Lipinski definition) is 4. The van der Waals surface area contributed by atoms with Gasteiger partial charge in [0, 0.05) is 44.4 Å². The first-order valence-electron chi connectivity index (χ1n) is 8.75. The Morgan fingerprint density at radius 3 is 2.88 bits per heavy atom. The van der Waals surface area contributed by atoms with Gasteiger partial charge in [-0.05, 0) is 31.4 Å². The minimum Gasteiger partial charge on any atom is -0.459 e. The minimum absolute atomic E-state index is 0.0920. The van der Waals surface area contributed by atoms with Crippen molar-refractivity contribution in [3.63, 3.8) is 0 Å². The highest BCUT2D eigenvalue weighted by Crippen LogP contribution is 2.42. The molecule has 2 aliphatic rings. The van der Waals surface area contributed by atoms with Crippen molar-refractivity contribution in [2.24, 2.45) is 13.0 Å². The van der Waals surface area contributed by atoms with Crippen LogP contribution in [0, 0.1) is 5.92 Å². The monoisotopic (exact) mass is 342 g/mol. The number of carbonyl (C=O) groups excluding carboxylic acids is 2. The number of aromatic nitrogens is 2. The number of likely N-dealkylation sites (tertiary alicyclic amines) is 1. The van der Waals surface area contributed by atoms with Crippen LogP contribution in [0.5, 0.6) is 0 Å². The van der Waals surface area contributed by atoms with Gasteiger partial charge in [-0.2, -0.15) is 0 Å². The van der Waals surface area contributed by atoms with E-state index in [4.69, 9.17) is 4.42 Å². The first-order valence-corrected chi connectivity index (χ1v) is 8.75. The Balaban J connectivity index is 1.55. The summed E-state index contributed by atoms with van der Waals surface area (Å²) in [6.45, 7) is 0.494. The molecular weight excluding hydrogens is 320 g/mol. The fourth-order valence-electron chi connectivity index (χ4n) is 3.69. The van der Waals surface area contributed by atoms with E-state index >= 15 is 0 Å². The van der Waals surface area contributed by atoms with E-state index in [9.17, 15) is 9.59 Å². The van der Waals surface area contributed by atoms with Crippen molar-refractivity contribution in [1.82, 2.24) is 19.8 Å². The van der Waals surface area contributed by atoms with Crippen LogP contribution in [0.1, 0.15) is 48.1 Å². The lowest BCUT2D eigenvalue weighted by atomic mass is 9.87. The maximum absolute atomic E-state index is 12.5. The molecule has 7 heteroatoms. The largest absolute Gasteiger partial charge is 0.459 e. The third-order valence-corrected chi connectivity index (χ3v) is 5.10. The molecule has 2 fully saturated rings. The lowest BCUT2D eigenvalue weighted by Gasteiger charge is -2.41. The van der Waals surface area contributed by atoms with E-state index < -0.39 is 0 Å². The number of hydrogen-bond donors (Lipinski definition) is 1. The SMILES string of the molecule is Cn1ccnc1[C@@H]1[C@@H](CNC(=O)c2ccco2)CCC(=O)N1C1CC1. The molecule has 7 nitrogen and oxygen atoms in total. The van der Waals surface area contributed by atoms with E-state index in [-0.39, 0.29) is 23.8 Å². The van der Waals surface area contributed by atoms with Crippen LogP contribution in [-0.4, -0.2) is 38.9 Å². The smallest absolute Gasteiger partial charge is 0.286 e. The molecule has 0 bridgehead atoms. The van der Waals surface area contributed by atoms with E-state index in [2.05, 4.69) is 10.3 Å². The van der Waals surface area contributed by atoms with Crippen LogP contribution in [0.15, 0.2) is 35.2 Å². The summed E-state index contributed by atoms with van der Waals surface area (Å²) >= 11 is 0. The predicted molar refractivity (Wildman–Crippen MR) is 89.6 cm³/mol. The van der Waals surface area contributed by atoms with Gasteiger partial charge in [-0.3, -0.25) is 9.59 Å². The van der Waals surface area contributed by atoms with Gasteiger partial charge in [0.1, 0.15) is 5.82 Å². The van der Waals surface area contributed by atoms with Crippen LogP contribution in [0.2, 0.25) is 0 Å². The van der Waals surface area contributed by atoms with Gasteiger partial charge in [0.2, 0.25) is 5.91 Å². The summed E-state index contributed by atoms with van der Waals surface area (Å²) in [7, 11) is 1.95. The molecule has 0 aromatic carbocycles. The summed E-state index contributed by atoms with van der Waals surface area (Å²) in [4.78, 5) is 31.3. The van der Waals surface area contributed by atoms with Crippen molar-refractivity contribution in [3.05, 3.63) is 42.4 Å². The molecule has 0 radical (unpaired) electrons. The standard InChI is InChI=1S/C18H22N4O3/c1-21-9-8-19-17(21)16-12(4-7-15(23)22(16)13-5-6-13)11-20-18(24)14-3-2-10-25-14/h2-3,8-10,12-13,16H,4-7,11H2,1H3,(H,20,24)/t12-,16+/m1/s1. The molecule has 2 amide bonds. The van der Waals surface area contributed by atoms with E-state index in [1.54, 1.807) is 18.3 Å². The van der Waals surface area contributed by atoms with Crippen molar-refractivity contribution in [1.29, 1.82) is 0 Å². The van der Waals surface area contributed by atoms with E-state index in [1.807, 2.05) is 22.7 Å². The zero-order chi connectivity index (χ0) is 17.4. The molecule has 2 aromatic heterocycles. The Kier molecular flexibility index (Phi) is 4.07. The maximum atomic E-state index is 12.5. The van der Waals surface area contributed by atoms with Crippen LogP contribution >= 0.6 is 0 Å². The topological polar surface area (TPSA) is 80.4 Å². The summed E-state index contributed by atoms with van der Waals surface area (Å²) in [5, 5.41) is 2.95. The highest BCUT2D eigenvalue weighted by Gasteiger charge is 2.45. The number of piperidine rings is 1. The Hall–Kier alpha value is -2.57. The first kappa shape index (κ1) is 15.9. The zero-order valence-electron chi connectivity index (χ0n) is 14.2. The second kappa shape index (κ2) is 6.38. The summed E-state index contributed by atoms with van der Waals surface area (Å²) in [5.41, 5.74) is 0. The van der Waals surface area contributed by atoms with Crippen LogP contribution in [0.3, 0.4) is 0 Å². The zero-order valence-corrected chi connectivity index (χ0v) is 14.2. The van der Waals surface area contributed by atoms with E-state index in [0.29, 0.717) is 24.8 Å². The number of nitrogens with one attached hydrogen (secondary N) is 1. The molecule has 4 rings (SSSR count). The Morgan fingerprint density at radius 1 is 1.40 bits per heavy atom. The average Bonchev–Trinajstić information content (AvgIpc) is 3.11. The third kappa shape index (κ3) is 3.06. The molecular formula is C18H22N4O3. The van der Waals surface area contributed by atoms with Crippen molar-refractivity contribution in [3.8, 4) is 0 Å². The predicted octanol–water partition coefficient (Wildman–Crippen LogP) is 1.89. The van der Waals surface area contributed by atoms with Gasteiger partial charge in [-0.25, -0.2) is 4.98 Å². The van der Waals surface area contributed by atoms with Gasteiger partial charge in [0.15, 0.2) is 5.76 Å². The van der Waals surface area contributed by atoms with E-state index in [0.717, 1.165) is 25.1 Å². The highest BCUT2D eigenvalue weighted by molar-refractivity contribution is 5.91. The molecule has 0 spiro atoms. The van der Waals surface area contributed by atoms with Gasteiger partial charge in [0.25, 0.3) is 5.91 Å². The van der Waals surface area contributed by atoms with Gasteiger partial charge >= 0.3 is 0 Å². The molecule has 1 aliphatic carbocycles. The molecule has 1 aliphatic heterocycles. The quantitative estimate of drug-likeness (QED) is 0.900.